The van der Waals surface area contributed by atoms with Crippen molar-refractivity contribution in [1.82, 2.24) is 24.8 Å². The first kappa shape index (κ1) is 18.9. The molecule has 2 aromatic heterocycles. The molecule has 3 aromatic rings. The van der Waals surface area contributed by atoms with E-state index in [-0.39, 0.29) is 18.4 Å². The maximum Gasteiger partial charge on any atom is 0.247 e. The zero-order valence-corrected chi connectivity index (χ0v) is 16.5. The summed E-state index contributed by atoms with van der Waals surface area (Å²) in [5.41, 5.74) is 4.09. The van der Waals surface area contributed by atoms with Gasteiger partial charge in [0.2, 0.25) is 11.8 Å². The smallest absolute Gasteiger partial charge is 0.247 e. The van der Waals surface area contributed by atoms with Crippen molar-refractivity contribution in [2.75, 3.05) is 16.8 Å². The second kappa shape index (κ2) is 7.86. The molecule has 150 valence electrons. The molecule has 29 heavy (non-hydrogen) atoms. The Morgan fingerprint density at radius 1 is 1.17 bits per heavy atom. The van der Waals surface area contributed by atoms with Crippen molar-refractivity contribution in [3.8, 4) is 11.1 Å². The number of fused-ring (bicyclic) bond motifs is 1. The van der Waals surface area contributed by atoms with E-state index in [0.717, 1.165) is 41.8 Å². The van der Waals surface area contributed by atoms with Crippen LogP contribution in [0.4, 0.5) is 11.5 Å². The average molecular weight is 393 g/mol. The standard InChI is InChI=1S/C20H23N7O2/c1-3-27-22-11-19(24-27)23-20(29)13-25-12-17(10-21-25)15-6-7-18-16(9-15)5-4-8-26(18)14(2)28/h6-7,9-12H,3-5,8,13H2,1-2H3,(H,23,24,29). The second-order valence-electron chi connectivity index (χ2n) is 7.01. The van der Waals surface area contributed by atoms with Crippen LogP contribution >= 0.6 is 0 Å². The number of hydrogen-bond donors (Lipinski definition) is 1. The molecular weight excluding hydrogens is 370 g/mol. The van der Waals surface area contributed by atoms with Crippen LogP contribution in [0.15, 0.2) is 36.8 Å². The molecule has 1 aromatic carbocycles. The van der Waals surface area contributed by atoms with Crippen LogP contribution in [-0.4, -0.2) is 43.1 Å². The number of rotatable bonds is 5. The van der Waals surface area contributed by atoms with Gasteiger partial charge in [0.05, 0.1) is 18.9 Å². The topological polar surface area (TPSA) is 97.9 Å². The molecule has 0 saturated heterocycles. The van der Waals surface area contributed by atoms with Crippen LogP contribution in [0.2, 0.25) is 0 Å². The zero-order valence-electron chi connectivity index (χ0n) is 16.5. The van der Waals surface area contributed by atoms with Gasteiger partial charge in [0.25, 0.3) is 0 Å². The SMILES string of the molecule is CCn1ncc(NC(=O)Cn2cc(-c3ccc4c(c3)CCCN4C(C)=O)cn2)n1. The van der Waals surface area contributed by atoms with E-state index >= 15 is 0 Å². The maximum absolute atomic E-state index is 12.2. The fraction of sp³-hybridized carbons (Fsp3) is 0.350. The summed E-state index contributed by atoms with van der Waals surface area (Å²) in [5, 5.41) is 15.2. The molecule has 0 radical (unpaired) electrons. The molecule has 9 heteroatoms. The van der Waals surface area contributed by atoms with Crippen molar-refractivity contribution >= 4 is 23.3 Å². The molecule has 0 unspecified atom stereocenters. The van der Waals surface area contributed by atoms with Crippen molar-refractivity contribution in [2.45, 2.75) is 39.8 Å². The molecule has 2 amide bonds. The lowest BCUT2D eigenvalue weighted by molar-refractivity contribution is -0.117. The molecule has 0 aliphatic carbocycles. The minimum Gasteiger partial charge on any atom is -0.312 e. The molecule has 4 rings (SSSR count). The van der Waals surface area contributed by atoms with Gasteiger partial charge >= 0.3 is 0 Å². The third-order valence-corrected chi connectivity index (χ3v) is 4.94. The van der Waals surface area contributed by atoms with Gasteiger partial charge in [-0.15, -0.1) is 5.10 Å². The van der Waals surface area contributed by atoms with Crippen LogP contribution in [0.3, 0.4) is 0 Å². The van der Waals surface area contributed by atoms with E-state index in [4.69, 9.17) is 0 Å². The van der Waals surface area contributed by atoms with E-state index in [1.165, 1.54) is 11.0 Å². The van der Waals surface area contributed by atoms with Gasteiger partial charge in [-0.2, -0.15) is 15.0 Å². The summed E-state index contributed by atoms with van der Waals surface area (Å²) in [5.74, 6) is 0.274. The number of aryl methyl sites for hydroxylation is 2. The highest BCUT2D eigenvalue weighted by Gasteiger charge is 2.20. The number of amides is 2. The first-order chi connectivity index (χ1) is 14.0. The number of nitrogens with zero attached hydrogens (tertiary/aromatic N) is 6. The Balaban J connectivity index is 1.46. The van der Waals surface area contributed by atoms with Crippen molar-refractivity contribution in [3.63, 3.8) is 0 Å². The molecule has 0 atom stereocenters. The molecule has 0 saturated carbocycles. The summed E-state index contributed by atoms with van der Waals surface area (Å²) >= 11 is 0. The van der Waals surface area contributed by atoms with E-state index in [1.54, 1.807) is 17.8 Å². The number of aromatic nitrogens is 5. The van der Waals surface area contributed by atoms with E-state index in [2.05, 4.69) is 26.7 Å². The zero-order chi connectivity index (χ0) is 20.4. The van der Waals surface area contributed by atoms with E-state index in [1.807, 2.05) is 30.2 Å². The monoisotopic (exact) mass is 393 g/mol. The molecule has 0 bridgehead atoms. The summed E-state index contributed by atoms with van der Waals surface area (Å²) in [4.78, 5) is 27.4. The summed E-state index contributed by atoms with van der Waals surface area (Å²) < 4.78 is 1.59. The van der Waals surface area contributed by atoms with E-state index < -0.39 is 0 Å². The Labute approximate surface area is 168 Å². The fourth-order valence-electron chi connectivity index (χ4n) is 3.54. The highest BCUT2D eigenvalue weighted by atomic mass is 16.2. The van der Waals surface area contributed by atoms with Crippen LogP contribution in [0.25, 0.3) is 11.1 Å². The Hall–Kier alpha value is -3.49. The number of hydrogen-bond acceptors (Lipinski definition) is 5. The second-order valence-corrected chi connectivity index (χ2v) is 7.01. The van der Waals surface area contributed by atoms with Gasteiger partial charge < -0.3 is 10.2 Å². The van der Waals surface area contributed by atoms with Crippen LogP contribution < -0.4 is 10.2 Å². The van der Waals surface area contributed by atoms with Crippen molar-refractivity contribution in [3.05, 3.63) is 42.4 Å². The largest absolute Gasteiger partial charge is 0.312 e. The van der Waals surface area contributed by atoms with Gasteiger partial charge in [0, 0.05) is 30.9 Å². The van der Waals surface area contributed by atoms with E-state index in [0.29, 0.717) is 12.4 Å². The molecule has 0 fully saturated rings. The highest BCUT2D eigenvalue weighted by molar-refractivity contribution is 5.93. The van der Waals surface area contributed by atoms with Gasteiger partial charge in [0.15, 0.2) is 5.82 Å². The Morgan fingerprint density at radius 3 is 2.79 bits per heavy atom. The van der Waals surface area contributed by atoms with Gasteiger partial charge in [-0.3, -0.25) is 14.3 Å². The first-order valence-corrected chi connectivity index (χ1v) is 9.67. The van der Waals surface area contributed by atoms with Gasteiger partial charge in [-0.25, -0.2) is 0 Å². The fourth-order valence-corrected chi connectivity index (χ4v) is 3.54. The maximum atomic E-state index is 12.2. The van der Waals surface area contributed by atoms with Gasteiger partial charge in [-0.1, -0.05) is 6.07 Å². The quantitative estimate of drug-likeness (QED) is 0.716. The first-order valence-electron chi connectivity index (χ1n) is 9.67. The molecule has 9 nitrogen and oxygen atoms in total. The normalized spacial score (nSPS) is 13.2. The molecule has 1 N–H and O–H groups in total. The number of anilines is 2. The van der Waals surface area contributed by atoms with Crippen molar-refractivity contribution in [2.24, 2.45) is 0 Å². The highest BCUT2D eigenvalue weighted by Crippen LogP contribution is 2.31. The van der Waals surface area contributed by atoms with Crippen molar-refractivity contribution in [1.29, 1.82) is 0 Å². The lowest BCUT2D eigenvalue weighted by Gasteiger charge is -2.28. The summed E-state index contributed by atoms with van der Waals surface area (Å²) in [6.07, 6.45) is 7.01. The number of benzene rings is 1. The Morgan fingerprint density at radius 2 is 2.03 bits per heavy atom. The summed E-state index contributed by atoms with van der Waals surface area (Å²) in [7, 11) is 0. The lowest BCUT2D eigenvalue weighted by atomic mass is 9.97. The minimum atomic E-state index is -0.217. The van der Waals surface area contributed by atoms with Crippen LogP contribution in [0.5, 0.6) is 0 Å². The third kappa shape index (κ3) is 4.03. The third-order valence-electron chi connectivity index (χ3n) is 4.94. The predicted molar refractivity (Wildman–Crippen MR) is 108 cm³/mol. The predicted octanol–water partition coefficient (Wildman–Crippen LogP) is 2.10. The molecule has 1 aliphatic heterocycles. The van der Waals surface area contributed by atoms with Crippen molar-refractivity contribution < 1.29 is 9.59 Å². The van der Waals surface area contributed by atoms with Crippen LogP contribution in [0, 0.1) is 0 Å². The minimum absolute atomic E-state index is 0.0662. The van der Waals surface area contributed by atoms with Crippen LogP contribution in [-0.2, 0) is 29.1 Å². The average Bonchev–Trinajstić information content (AvgIpc) is 3.36. The lowest BCUT2D eigenvalue weighted by Crippen LogP contribution is -2.33. The Bertz CT molecular complexity index is 1050. The van der Waals surface area contributed by atoms with Crippen LogP contribution in [0.1, 0.15) is 25.8 Å². The van der Waals surface area contributed by atoms with Gasteiger partial charge in [-0.05, 0) is 43.0 Å². The summed E-state index contributed by atoms with van der Waals surface area (Å²) in [6.45, 7) is 5.02. The summed E-state index contributed by atoms with van der Waals surface area (Å²) in [6, 6.07) is 6.09. The van der Waals surface area contributed by atoms with Gasteiger partial charge in [0.1, 0.15) is 6.54 Å². The van der Waals surface area contributed by atoms with E-state index in [9.17, 15) is 9.59 Å². The number of carbonyl (C=O) groups is 2. The number of carbonyl (C=O) groups excluding carboxylic acids is 2. The number of nitrogens with one attached hydrogen (secondary N) is 1. The molecule has 1 aliphatic rings. The molecule has 0 spiro atoms. The molecule has 3 heterocycles. The molecular formula is C20H23N7O2. The Kier molecular flexibility index (Phi) is 5.11.